The van der Waals surface area contributed by atoms with Crippen LogP contribution in [0.1, 0.15) is 71.6 Å². The molecular formula is C22H38N2O5. The van der Waals surface area contributed by atoms with Crippen LogP contribution in [0.2, 0.25) is 0 Å². The van der Waals surface area contributed by atoms with Crippen LogP contribution in [0.15, 0.2) is 24.4 Å². The van der Waals surface area contributed by atoms with Crippen LogP contribution in [0.3, 0.4) is 0 Å². The predicted molar refractivity (Wildman–Crippen MR) is 114 cm³/mol. The van der Waals surface area contributed by atoms with Crippen molar-refractivity contribution in [3.8, 4) is 0 Å². The summed E-state index contributed by atoms with van der Waals surface area (Å²) in [6, 6.07) is 0. The van der Waals surface area contributed by atoms with E-state index in [-0.39, 0.29) is 44.4 Å². The molecule has 29 heavy (non-hydrogen) atoms. The Morgan fingerprint density at radius 1 is 0.862 bits per heavy atom. The number of nitrogens with one attached hydrogen (secondary N) is 2. The van der Waals surface area contributed by atoms with E-state index in [9.17, 15) is 14.4 Å². The van der Waals surface area contributed by atoms with Crippen LogP contribution >= 0.6 is 0 Å². The number of ether oxygens (including phenoxy) is 2. The minimum absolute atomic E-state index is 0.00695. The summed E-state index contributed by atoms with van der Waals surface area (Å²) in [6.07, 6.45) is 10.4. The van der Waals surface area contributed by atoms with E-state index in [2.05, 4.69) is 24.1 Å². The van der Waals surface area contributed by atoms with E-state index in [0.29, 0.717) is 19.5 Å². The van der Waals surface area contributed by atoms with Crippen molar-refractivity contribution in [3.05, 3.63) is 24.4 Å². The topological polar surface area (TPSA) is 93.7 Å². The van der Waals surface area contributed by atoms with Crippen molar-refractivity contribution in [2.75, 3.05) is 26.3 Å². The van der Waals surface area contributed by atoms with Crippen LogP contribution in [-0.2, 0) is 23.9 Å². The molecule has 0 aliphatic rings. The third-order valence-electron chi connectivity index (χ3n) is 4.10. The summed E-state index contributed by atoms with van der Waals surface area (Å²) in [5.41, 5.74) is 0.769. The molecule has 166 valence electrons. The summed E-state index contributed by atoms with van der Waals surface area (Å²) in [5.74, 6) is -0.985. The molecule has 0 heterocycles. The van der Waals surface area contributed by atoms with Gasteiger partial charge in [0.25, 0.3) is 0 Å². The van der Waals surface area contributed by atoms with Crippen molar-refractivity contribution in [1.82, 2.24) is 10.6 Å². The highest BCUT2D eigenvalue weighted by Crippen LogP contribution is 2.02. The molecule has 7 nitrogen and oxygen atoms in total. The Balaban J connectivity index is 3.59. The molecule has 1 amide bonds. The molecule has 0 unspecified atom stereocenters. The van der Waals surface area contributed by atoms with Crippen molar-refractivity contribution in [2.24, 2.45) is 0 Å². The highest BCUT2D eigenvalue weighted by Gasteiger charge is 2.09. The molecule has 7 heteroatoms. The second-order valence-corrected chi connectivity index (χ2v) is 6.76. The van der Waals surface area contributed by atoms with Gasteiger partial charge in [0.15, 0.2) is 0 Å². The SMILES string of the molecule is C=C(CCC(=O)OCCOC(=O)CCC(=O)NCCCCCCC)NC/C=C/C. The second kappa shape index (κ2) is 19.0. The largest absolute Gasteiger partial charge is 0.462 e. The molecule has 0 bridgehead atoms. The minimum atomic E-state index is -0.472. The number of amides is 1. The normalized spacial score (nSPS) is 10.6. The van der Waals surface area contributed by atoms with Gasteiger partial charge in [-0.3, -0.25) is 14.4 Å². The number of unbranched alkanes of at least 4 members (excludes halogenated alkanes) is 4. The first-order valence-electron chi connectivity index (χ1n) is 10.6. The lowest BCUT2D eigenvalue weighted by atomic mass is 10.1. The average molecular weight is 411 g/mol. The molecule has 0 spiro atoms. The summed E-state index contributed by atoms with van der Waals surface area (Å²) >= 11 is 0. The molecule has 0 saturated carbocycles. The predicted octanol–water partition coefficient (Wildman–Crippen LogP) is 3.40. The monoisotopic (exact) mass is 410 g/mol. The lowest BCUT2D eigenvalue weighted by molar-refractivity contribution is -0.152. The van der Waals surface area contributed by atoms with Gasteiger partial charge in [0, 0.05) is 25.2 Å². The van der Waals surface area contributed by atoms with Crippen molar-refractivity contribution in [1.29, 1.82) is 0 Å². The minimum Gasteiger partial charge on any atom is -0.462 e. The summed E-state index contributed by atoms with van der Waals surface area (Å²) in [6.45, 7) is 9.24. The Morgan fingerprint density at radius 2 is 1.48 bits per heavy atom. The number of hydrogen-bond donors (Lipinski definition) is 2. The summed E-state index contributed by atoms with van der Waals surface area (Å²) < 4.78 is 9.98. The van der Waals surface area contributed by atoms with E-state index in [1.54, 1.807) is 0 Å². The van der Waals surface area contributed by atoms with E-state index in [1.807, 2.05) is 19.1 Å². The zero-order valence-corrected chi connectivity index (χ0v) is 18.1. The van der Waals surface area contributed by atoms with Gasteiger partial charge in [0.1, 0.15) is 13.2 Å². The quantitative estimate of drug-likeness (QED) is 0.204. The van der Waals surface area contributed by atoms with E-state index in [0.717, 1.165) is 18.5 Å². The van der Waals surface area contributed by atoms with Crippen LogP contribution < -0.4 is 10.6 Å². The lowest BCUT2D eigenvalue weighted by Crippen LogP contribution is -2.25. The van der Waals surface area contributed by atoms with Crippen LogP contribution in [0.5, 0.6) is 0 Å². The molecule has 0 radical (unpaired) electrons. The fourth-order valence-corrected chi connectivity index (χ4v) is 2.38. The number of hydrogen-bond acceptors (Lipinski definition) is 6. The summed E-state index contributed by atoms with van der Waals surface area (Å²) in [7, 11) is 0. The van der Waals surface area contributed by atoms with Gasteiger partial charge in [-0.05, 0) is 19.8 Å². The molecule has 0 aromatic rings. The standard InChI is InChI=1S/C22H38N2O5/c1-4-6-8-9-10-16-24-20(25)12-14-22(27)29-18-17-28-21(26)13-11-19(3)23-15-7-5-2/h5,7,23H,3-4,6,8-18H2,1-2H3,(H,24,25)/b7-5+. The first-order chi connectivity index (χ1) is 14.0. The molecule has 0 fully saturated rings. The zero-order chi connectivity index (χ0) is 21.7. The van der Waals surface area contributed by atoms with Gasteiger partial charge in [-0.25, -0.2) is 0 Å². The van der Waals surface area contributed by atoms with Crippen molar-refractivity contribution in [2.45, 2.75) is 71.6 Å². The van der Waals surface area contributed by atoms with E-state index in [4.69, 9.17) is 9.47 Å². The molecule has 0 aromatic carbocycles. The summed E-state index contributed by atoms with van der Waals surface area (Å²) in [4.78, 5) is 34.9. The van der Waals surface area contributed by atoms with Crippen molar-refractivity contribution in [3.63, 3.8) is 0 Å². The van der Waals surface area contributed by atoms with E-state index in [1.165, 1.54) is 19.3 Å². The molecular weight excluding hydrogens is 372 g/mol. The molecule has 0 saturated heterocycles. The highest BCUT2D eigenvalue weighted by atomic mass is 16.6. The maximum absolute atomic E-state index is 11.7. The number of allylic oxidation sites excluding steroid dienone is 2. The van der Waals surface area contributed by atoms with Crippen LogP contribution in [0, 0.1) is 0 Å². The van der Waals surface area contributed by atoms with Crippen LogP contribution in [0.4, 0.5) is 0 Å². The van der Waals surface area contributed by atoms with Crippen LogP contribution in [0.25, 0.3) is 0 Å². The Bertz CT molecular complexity index is 517. The third kappa shape index (κ3) is 18.8. The summed E-state index contributed by atoms with van der Waals surface area (Å²) in [5, 5.41) is 5.88. The van der Waals surface area contributed by atoms with Crippen molar-refractivity contribution < 1.29 is 23.9 Å². The fraction of sp³-hybridized carbons (Fsp3) is 0.682. The van der Waals surface area contributed by atoms with Gasteiger partial charge in [-0.1, -0.05) is 51.3 Å². The Labute approximate surface area is 175 Å². The smallest absolute Gasteiger partial charge is 0.306 e. The van der Waals surface area contributed by atoms with Crippen LogP contribution in [-0.4, -0.2) is 44.1 Å². The maximum atomic E-state index is 11.7. The Hall–Kier alpha value is -2.31. The molecule has 0 aliphatic heterocycles. The number of esters is 2. The first-order valence-corrected chi connectivity index (χ1v) is 10.6. The highest BCUT2D eigenvalue weighted by molar-refractivity contribution is 5.81. The first kappa shape index (κ1) is 26.7. The molecule has 0 aromatic heterocycles. The van der Waals surface area contributed by atoms with Crippen molar-refractivity contribution >= 4 is 17.8 Å². The Morgan fingerprint density at radius 3 is 2.10 bits per heavy atom. The average Bonchev–Trinajstić information content (AvgIpc) is 2.71. The van der Waals surface area contributed by atoms with Gasteiger partial charge >= 0.3 is 11.9 Å². The Kier molecular flexibility index (Phi) is 17.5. The van der Waals surface area contributed by atoms with Gasteiger partial charge in [-0.15, -0.1) is 0 Å². The molecule has 0 rings (SSSR count). The lowest BCUT2D eigenvalue weighted by Gasteiger charge is -2.09. The molecule has 2 N–H and O–H groups in total. The third-order valence-corrected chi connectivity index (χ3v) is 4.10. The number of carbonyl (C=O) groups excluding carboxylic acids is 3. The maximum Gasteiger partial charge on any atom is 0.306 e. The van der Waals surface area contributed by atoms with E-state index >= 15 is 0 Å². The van der Waals surface area contributed by atoms with Gasteiger partial charge < -0.3 is 20.1 Å². The zero-order valence-electron chi connectivity index (χ0n) is 18.1. The molecule has 0 atom stereocenters. The fourth-order valence-electron chi connectivity index (χ4n) is 2.38. The number of carbonyl (C=O) groups is 3. The van der Waals surface area contributed by atoms with Gasteiger partial charge in [0.05, 0.1) is 12.8 Å². The second-order valence-electron chi connectivity index (χ2n) is 6.76. The molecule has 0 aliphatic carbocycles. The van der Waals surface area contributed by atoms with E-state index < -0.39 is 5.97 Å². The van der Waals surface area contributed by atoms with Gasteiger partial charge in [0.2, 0.25) is 5.91 Å². The number of rotatable bonds is 18. The van der Waals surface area contributed by atoms with Gasteiger partial charge in [-0.2, -0.15) is 0 Å².